The van der Waals surface area contributed by atoms with Gasteiger partial charge in [-0.1, -0.05) is 12.1 Å². The van der Waals surface area contributed by atoms with Crippen LogP contribution >= 0.6 is 0 Å². The number of nitrogens with zero attached hydrogens (tertiary/aromatic N) is 3. The molecule has 4 rings (SSSR count). The summed E-state index contributed by atoms with van der Waals surface area (Å²) < 4.78 is 44.8. The van der Waals surface area contributed by atoms with Crippen molar-refractivity contribution >= 4 is 11.0 Å². The van der Waals surface area contributed by atoms with Crippen molar-refractivity contribution in [1.29, 1.82) is 0 Å². The molecule has 1 aliphatic rings. The predicted molar refractivity (Wildman–Crippen MR) is 87.8 cm³/mol. The van der Waals surface area contributed by atoms with Gasteiger partial charge in [-0.3, -0.25) is 9.36 Å². The maximum Gasteiger partial charge on any atom is 0.416 e. The first kappa shape index (κ1) is 16.6. The van der Waals surface area contributed by atoms with Crippen LogP contribution in [0.1, 0.15) is 30.0 Å². The molecule has 26 heavy (non-hydrogen) atoms. The normalized spacial score (nSPS) is 14.6. The van der Waals surface area contributed by atoms with E-state index in [4.69, 9.17) is 4.74 Å². The highest BCUT2D eigenvalue weighted by Crippen LogP contribution is 2.33. The summed E-state index contributed by atoms with van der Waals surface area (Å²) in [5, 5.41) is 0. The zero-order valence-electron chi connectivity index (χ0n) is 13.5. The first-order chi connectivity index (χ1) is 12.4. The van der Waals surface area contributed by atoms with Crippen LogP contribution in [0.2, 0.25) is 0 Å². The first-order valence-electron chi connectivity index (χ1n) is 8.08. The standard InChI is InChI=1S/C18H14F3N3O2/c19-18(20,21)12-3-1-11(2-4-12)9-26-15-8-7-14-16(23-15)17(25)24(10-22-14)13-5-6-13/h1-4,7-8,10,13H,5-6,9H2. The van der Waals surface area contributed by atoms with Crippen LogP contribution in [0.25, 0.3) is 11.0 Å². The van der Waals surface area contributed by atoms with Gasteiger partial charge in [-0.15, -0.1) is 0 Å². The molecule has 5 nitrogen and oxygen atoms in total. The lowest BCUT2D eigenvalue weighted by atomic mass is 10.1. The molecule has 1 aromatic carbocycles. The fourth-order valence-electron chi connectivity index (χ4n) is 2.63. The van der Waals surface area contributed by atoms with E-state index in [2.05, 4.69) is 9.97 Å². The monoisotopic (exact) mass is 361 g/mol. The number of hydrogen-bond donors (Lipinski definition) is 0. The van der Waals surface area contributed by atoms with Gasteiger partial charge < -0.3 is 4.74 Å². The first-order valence-corrected chi connectivity index (χ1v) is 8.08. The fourth-order valence-corrected chi connectivity index (χ4v) is 2.63. The molecule has 2 heterocycles. The summed E-state index contributed by atoms with van der Waals surface area (Å²) in [6.45, 7) is 0.0493. The second-order valence-electron chi connectivity index (χ2n) is 6.19. The van der Waals surface area contributed by atoms with Gasteiger partial charge in [0.05, 0.1) is 17.4 Å². The highest BCUT2D eigenvalue weighted by molar-refractivity contribution is 5.73. The van der Waals surface area contributed by atoms with Crippen molar-refractivity contribution in [2.45, 2.75) is 31.7 Å². The Morgan fingerprint density at radius 1 is 1.12 bits per heavy atom. The number of rotatable bonds is 4. The van der Waals surface area contributed by atoms with Crippen molar-refractivity contribution in [3.8, 4) is 5.88 Å². The number of fused-ring (bicyclic) bond motifs is 1. The highest BCUT2D eigenvalue weighted by atomic mass is 19.4. The summed E-state index contributed by atoms with van der Waals surface area (Å²) in [4.78, 5) is 20.9. The average molecular weight is 361 g/mol. The van der Waals surface area contributed by atoms with Crippen LogP contribution in [0, 0.1) is 0 Å². The summed E-state index contributed by atoms with van der Waals surface area (Å²) in [6, 6.07) is 8.13. The molecule has 0 aliphatic heterocycles. The third-order valence-corrected chi connectivity index (χ3v) is 4.21. The maximum absolute atomic E-state index is 12.6. The maximum atomic E-state index is 12.6. The molecule has 2 aromatic heterocycles. The molecule has 0 spiro atoms. The Bertz CT molecular complexity index is 1010. The molecule has 0 bridgehead atoms. The SMILES string of the molecule is O=c1c2nc(OCc3ccc(C(F)(F)F)cc3)ccc2ncn1C1CC1. The van der Waals surface area contributed by atoms with E-state index < -0.39 is 11.7 Å². The van der Waals surface area contributed by atoms with Gasteiger partial charge in [-0.2, -0.15) is 13.2 Å². The van der Waals surface area contributed by atoms with E-state index in [1.54, 1.807) is 16.7 Å². The van der Waals surface area contributed by atoms with Gasteiger partial charge in [-0.05, 0) is 36.6 Å². The lowest BCUT2D eigenvalue weighted by Crippen LogP contribution is -2.20. The van der Waals surface area contributed by atoms with Crippen LogP contribution in [-0.4, -0.2) is 14.5 Å². The van der Waals surface area contributed by atoms with E-state index in [0.717, 1.165) is 25.0 Å². The lowest BCUT2D eigenvalue weighted by molar-refractivity contribution is -0.137. The minimum atomic E-state index is -4.37. The molecule has 0 amide bonds. The van der Waals surface area contributed by atoms with E-state index in [0.29, 0.717) is 11.1 Å². The second kappa shape index (κ2) is 6.12. The fraction of sp³-hybridized carbons (Fsp3) is 0.278. The molecular weight excluding hydrogens is 347 g/mol. The van der Waals surface area contributed by atoms with E-state index in [1.807, 2.05) is 0 Å². The summed E-state index contributed by atoms with van der Waals surface area (Å²) in [7, 11) is 0. The molecule has 1 fully saturated rings. The Morgan fingerprint density at radius 3 is 2.50 bits per heavy atom. The molecular formula is C18H14F3N3O2. The van der Waals surface area contributed by atoms with Crippen molar-refractivity contribution in [2.75, 3.05) is 0 Å². The third kappa shape index (κ3) is 3.26. The Hall–Kier alpha value is -2.90. The van der Waals surface area contributed by atoms with Crippen LogP contribution in [0.15, 0.2) is 47.5 Å². The van der Waals surface area contributed by atoms with Crippen molar-refractivity contribution in [3.63, 3.8) is 0 Å². The molecule has 0 saturated heterocycles. The van der Waals surface area contributed by atoms with Crippen molar-refractivity contribution in [3.05, 3.63) is 64.2 Å². The van der Waals surface area contributed by atoms with E-state index in [-0.39, 0.29) is 29.6 Å². The third-order valence-electron chi connectivity index (χ3n) is 4.21. The Balaban J connectivity index is 1.54. The average Bonchev–Trinajstić information content (AvgIpc) is 3.45. The van der Waals surface area contributed by atoms with Crippen LogP contribution in [0.3, 0.4) is 0 Å². The van der Waals surface area contributed by atoms with E-state index in [9.17, 15) is 18.0 Å². The minimum absolute atomic E-state index is 0.0493. The molecule has 1 saturated carbocycles. The number of halogens is 3. The van der Waals surface area contributed by atoms with Crippen LogP contribution < -0.4 is 10.3 Å². The van der Waals surface area contributed by atoms with Crippen molar-refractivity contribution in [2.24, 2.45) is 0 Å². The van der Waals surface area contributed by atoms with E-state index in [1.165, 1.54) is 18.5 Å². The number of pyridine rings is 1. The largest absolute Gasteiger partial charge is 0.473 e. The minimum Gasteiger partial charge on any atom is -0.473 e. The van der Waals surface area contributed by atoms with Gasteiger partial charge >= 0.3 is 6.18 Å². The number of hydrogen-bond acceptors (Lipinski definition) is 4. The summed E-state index contributed by atoms with van der Waals surface area (Å²) >= 11 is 0. The van der Waals surface area contributed by atoms with Gasteiger partial charge in [-0.25, -0.2) is 9.97 Å². The van der Waals surface area contributed by atoms with Gasteiger partial charge in [0.2, 0.25) is 5.88 Å². The van der Waals surface area contributed by atoms with Crippen LogP contribution in [-0.2, 0) is 12.8 Å². The van der Waals surface area contributed by atoms with E-state index >= 15 is 0 Å². The summed E-state index contributed by atoms with van der Waals surface area (Å²) in [5.41, 5.74) is 0.355. The Morgan fingerprint density at radius 2 is 1.85 bits per heavy atom. The lowest BCUT2D eigenvalue weighted by Gasteiger charge is -2.09. The number of ether oxygens (including phenoxy) is 1. The Labute approximate surface area is 146 Å². The summed E-state index contributed by atoms with van der Waals surface area (Å²) in [6.07, 6.45) is -0.922. The van der Waals surface area contributed by atoms with Gasteiger partial charge in [0.15, 0.2) is 5.52 Å². The molecule has 134 valence electrons. The quantitative estimate of drug-likeness (QED) is 0.711. The zero-order chi connectivity index (χ0) is 18.3. The number of alkyl halides is 3. The van der Waals surface area contributed by atoms with Crippen molar-refractivity contribution < 1.29 is 17.9 Å². The molecule has 1 aliphatic carbocycles. The molecule has 0 atom stereocenters. The molecule has 3 aromatic rings. The van der Waals surface area contributed by atoms with Crippen molar-refractivity contribution in [1.82, 2.24) is 14.5 Å². The predicted octanol–water partition coefficient (Wildman–Crippen LogP) is 3.72. The molecule has 0 N–H and O–H groups in total. The van der Waals surface area contributed by atoms with Gasteiger partial charge in [0, 0.05) is 12.1 Å². The van der Waals surface area contributed by atoms with Gasteiger partial charge in [0.1, 0.15) is 6.61 Å². The van der Waals surface area contributed by atoms with Crippen LogP contribution in [0.5, 0.6) is 5.88 Å². The number of aromatic nitrogens is 3. The molecule has 0 unspecified atom stereocenters. The molecule has 0 radical (unpaired) electrons. The zero-order valence-corrected chi connectivity index (χ0v) is 13.5. The topological polar surface area (TPSA) is 57.0 Å². The Kier molecular flexibility index (Phi) is 3.90. The number of benzene rings is 1. The van der Waals surface area contributed by atoms with Gasteiger partial charge in [0.25, 0.3) is 5.56 Å². The smallest absolute Gasteiger partial charge is 0.416 e. The molecule has 8 heteroatoms. The van der Waals surface area contributed by atoms with Crippen LogP contribution in [0.4, 0.5) is 13.2 Å². The highest BCUT2D eigenvalue weighted by Gasteiger charge is 2.30. The second-order valence-corrected chi connectivity index (χ2v) is 6.19. The summed E-state index contributed by atoms with van der Waals surface area (Å²) in [5.74, 6) is 0.227.